The Balaban J connectivity index is 1.88. The first-order valence-electron chi connectivity index (χ1n) is 12.0. The van der Waals surface area contributed by atoms with Crippen LogP contribution in [0.2, 0.25) is 0 Å². The molecular weight excluding hydrogens is 474 g/mol. The van der Waals surface area contributed by atoms with Gasteiger partial charge in [-0.05, 0) is 23.3 Å². The number of carbonyl (C=O) groups excluding carboxylic acids is 1. The summed E-state index contributed by atoms with van der Waals surface area (Å²) in [6, 6.07) is 19.8. The Morgan fingerprint density at radius 2 is 1.57 bits per heavy atom. The molecule has 8 heteroatoms. The lowest BCUT2D eigenvalue weighted by Gasteiger charge is -2.41. The standard InChI is InChI=1S/C29H31NO7/c1-30(2)27(32)23-24(17-9-7-6-8-10-17)29(18-11-13-19(34-3)14-12-18)28(33,26(23)31)25-21(36-5)15-20(35-4)16-22(25)37-29/h6-16,23-24,26,31,33H,1-5H3/t23-,24-,26-,28?,29?/m1/s1. The molecule has 0 saturated heterocycles. The number of fused-ring (bicyclic) bond motifs is 3. The molecule has 0 bridgehead atoms. The van der Waals surface area contributed by atoms with Crippen molar-refractivity contribution in [3.05, 3.63) is 83.4 Å². The summed E-state index contributed by atoms with van der Waals surface area (Å²) in [5, 5.41) is 24.8. The van der Waals surface area contributed by atoms with E-state index in [9.17, 15) is 15.0 Å². The van der Waals surface area contributed by atoms with E-state index in [1.807, 2.05) is 30.3 Å². The number of aliphatic hydroxyl groups excluding tert-OH is 1. The van der Waals surface area contributed by atoms with E-state index in [1.54, 1.807) is 57.6 Å². The van der Waals surface area contributed by atoms with Gasteiger partial charge in [0, 0.05) is 32.1 Å². The van der Waals surface area contributed by atoms with Gasteiger partial charge in [0.2, 0.25) is 5.91 Å². The first-order valence-corrected chi connectivity index (χ1v) is 12.0. The Bertz CT molecular complexity index is 1310. The van der Waals surface area contributed by atoms with E-state index >= 15 is 0 Å². The van der Waals surface area contributed by atoms with Crippen molar-refractivity contribution in [3.63, 3.8) is 0 Å². The lowest BCUT2D eigenvalue weighted by molar-refractivity contribution is -0.156. The van der Waals surface area contributed by atoms with Crippen molar-refractivity contribution in [1.82, 2.24) is 4.90 Å². The van der Waals surface area contributed by atoms with Crippen molar-refractivity contribution in [2.75, 3.05) is 35.4 Å². The average Bonchev–Trinajstić information content (AvgIpc) is 3.30. The Labute approximate surface area is 216 Å². The van der Waals surface area contributed by atoms with Crippen molar-refractivity contribution in [1.29, 1.82) is 0 Å². The molecule has 8 nitrogen and oxygen atoms in total. The van der Waals surface area contributed by atoms with Crippen molar-refractivity contribution in [2.45, 2.75) is 23.2 Å². The van der Waals surface area contributed by atoms with Gasteiger partial charge in [-0.1, -0.05) is 42.5 Å². The molecule has 194 valence electrons. The number of hydrogen-bond acceptors (Lipinski definition) is 7. The van der Waals surface area contributed by atoms with E-state index in [-0.39, 0.29) is 17.2 Å². The van der Waals surface area contributed by atoms with E-state index in [4.69, 9.17) is 18.9 Å². The molecule has 2 unspecified atom stereocenters. The summed E-state index contributed by atoms with van der Waals surface area (Å²) in [5.74, 6) is -0.426. The highest BCUT2D eigenvalue weighted by atomic mass is 16.5. The van der Waals surface area contributed by atoms with Crippen LogP contribution in [0.15, 0.2) is 66.7 Å². The lowest BCUT2D eigenvalue weighted by Crippen LogP contribution is -2.52. The number of nitrogens with zero attached hydrogens (tertiary/aromatic N) is 1. The number of methoxy groups -OCH3 is 3. The molecule has 5 atom stereocenters. The third-order valence-electron chi connectivity index (χ3n) is 7.68. The van der Waals surface area contributed by atoms with Crippen LogP contribution >= 0.6 is 0 Å². The minimum atomic E-state index is -2.05. The number of ether oxygens (including phenoxy) is 4. The molecule has 1 heterocycles. The number of rotatable bonds is 6. The minimum absolute atomic E-state index is 0.272. The maximum Gasteiger partial charge on any atom is 0.228 e. The third kappa shape index (κ3) is 3.32. The second-order valence-corrected chi connectivity index (χ2v) is 9.63. The molecule has 1 saturated carbocycles. The molecule has 1 aliphatic carbocycles. The second-order valence-electron chi connectivity index (χ2n) is 9.63. The summed E-state index contributed by atoms with van der Waals surface area (Å²) in [7, 11) is 7.84. The molecule has 1 aliphatic heterocycles. The van der Waals surface area contributed by atoms with Crippen LogP contribution < -0.4 is 18.9 Å². The maximum absolute atomic E-state index is 13.7. The fourth-order valence-electron chi connectivity index (χ4n) is 6.08. The molecule has 2 N–H and O–H groups in total. The molecule has 37 heavy (non-hydrogen) atoms. The van der Waals surface area contributed by atoms with E-state index in [2.05, 4.69) is 0 Å². The van der Waals surface area contributed by atoms with Crippen LogP contribution in [0.25, 0.3) is 0 Å². The molecule has 2 aliphatic rings. The van der Waals surface area contributed by atoms with Gasteiger partial charge in [0.15, 0.2) is 11.2 Å². The van der Waals surface area contributed by atoms with Gasteiger partial charge in [-0.25, -0.2) is 0 Å². The highest BCUT2D eigenvalue weighted by molar-refractivity contribution is 5.83. The summed E-state index contributed by atoms with van der Waals surface area (Å²) in [6.07, 6.45) is -1.53. The highest BCUT2D eigenvalue weighted by Crippen LogP contribution is 2.70. The summed E-state index contributed by atoms with van der Waals surface area (Å²) < 4.78 is 23.3. The topological polar surface area (TPSA) is 97.7 Å². The quantitative estimate of drug-likeness (QED) is 0.532. The van der Waals surface area contributed by atoms with Crippen molar-refractivity contribution in [2.24, 2.45) is 5.92 Å². The number of benzene rings is 3. The zero-order valence-electron chi connectivity index (χ0n) is 21.5. The molecule has 5 rings (SSSR count). The van der Waals surface area contributed by atoms with Crippen LogP contribution in [0.1, 0.15) is 22.6 Å². The molecule has 0 aromatic heterocycles. The Morgan fingerprint density at radius 1 is 0.919 bits per heavy atom. The largest absolute Gasteiger partial charge is 0.497 e. The first-order chi connectivity index (χ1) is 17.7. The van der Waals surface area contributed by atoms with Crippen LogP contribution in [-0.2, 0) is 16.0 Å². The van der Waals surface area contributed by atoms with Gasteiger partial charge in [-0.3, -0.25) is 4.79 Å². The van der Waals surface area contributed by atoms with Gasteiger partial charge >= 0.3 is 0 Å². The fraction of sp³-hybridized carbons (Fsp3) is 0.345. The molecule has 3 aromatic carbocycles. The van der Waals surface area contributed by atoms with Crippen LogP contribution in [-0.4, -0.2) is 62.5 Å². The number of aliphatic hydroxyl groups is 2. The van der Waals surface area contributed by atoms with Crippen LogP contribution in [0.5, 0.6) is 23.0 Å². The minimum Gasteiger partial charge on any atom is -0.497 e. The lowest BCUT2D eigenvalue weighted by atomic mass is 9.70. The van der Waals surface area contributed by atoms with Crippen molar-refractivity contribution in [3.8, 4) is 23.0 Å². The van der Waals surface area contributed by atoms with Crippen LogP contribution in [0, 0.1) is 5.92 Å². The fourth-order valence-corrected chi connectivity index (χ4v) is 6.08. The summed E-state index contributed by atoms with van der Waals surface area (Å²) in [5.41, 5.74) is -2.04. The summed E-state index contributed by atoms with van der Waals surface area (Å²) >= 11 is 0. The molecule has 1 amide bonds. The third-order valence-corrected chi connectivity index (χ3v) is 7.68. The van der Waals surface area contributed by atoms with Crippen molar-refractivity contribution >= 4 is 5.91 Å². The first kappa shape index (κ1) is 24.9. The summed E-state index contributed by atoms with van der Waals surface area (Å²) in [4.78, 5) is 15.1. The van der Waals surface area contributed by atoms with Gasteiger partial charge < -0.3 is 34.1 Å². The zero-order valence-corrected chi connectivity index (χ0v) is 21.5. The average molecular weight is 506 g/mol. The zero-order chi connectivity index (χ0) is 26.5. The Hall–Kier alpha value is -3.75. The monoisotopic (exact) mass is 505 g/mol. The second kappa shape index (κ2) is 8.97. The van der Waals surface area contributed by atoms with Crippen molar-refractivity contribution < 1.29 is 34.0 Å². The van der Waals surface area contributed by atoms with Gasteiger partial charge in [0.05, 0.1) is 32.8 Å². The molecule has 1 fully saturated rings. The Kier molecular flexibility index (Phi) is 6.04. The number of hydrogen-bond donors (Lipinski definition) is 2. The van der Waals surface area contributed by atoms with E-state index in [1.165, 1.54) is 19.1 Å². The predicted molar refractivity (Wildman–Crippen MR) is 136 cm³/mol. The number of carbonyl (C=O) groups is 1. The smallest absolute Gasteiger partial charge is 0.228 e. The van der Waals surface area contributed by atoms with Gasteiger partial charge in [0.1, 0.15) is 29.1 Å². The normalized spacial score (nSPS) is 27.6. The van der Waals surface area contributed by atoms with E-state index in [0.29, 0.717) is 22.8 Å². The van der Waals surface area contributed by atoms with Crippen LogP contribution in [0.3, 0.4) is 0 Å². The van der Waals surface area contributed by atoms with Gasteiger partial charge in [-0.15, -0.1) is 0 Å². The molecule has 0 spiro atoms. The Morgan fingerprint density at radius 3 is 2.14 bits per heavy atom. The van der Waals surface area contributed by atoms with E-state index < -0.39 is 29.1 Å². The summed E-state index contributed by atoms with van der Waals surface area (Å²) in [6.45, 7) is 0. The molecule has 0 radical (unpaired) electrons. The maximum atomic E-state index is 13.7. The van der Waals surface area contributed by atoms with E-state index in [0.717, 1.165) is 5.56 Å². The van der Waals surface area contributed by atoms with Crippen LogP contribution in [0.4, 0.5) is 0 Å². The predicted octanol–water partition coefficient (Wildman–Crippen LogP) is 3.05. The highest BCUT2D eigenvalue weighted by Gasteiger charge is 2.78. The van der Waals surface area contributed by atoms with Gasteiger partial charge in [0.25, 0.3) is 0 Å². The SMILES string of the molecule is COc1ccc(C23Oc4cc(OC)cc(OC)c4C2(O)[C@H](O)[C@H](C(=O)N(C)C)[C@H]3c2ccccc2)cc1. The number of amides is 1. The molecule has 3 aromatic rings. The van der Waals surface area contributed by atoms with Gasteiger partial charge in [-0.2, -0.15) is 0 Å². The molecular formula is C29H31NO7.